The van der Waals surface area contributed by atoms with Crippen molar-refractivity contribution < 1.29 is 13.2 Å². The molecule has 0 spiro atoms. The van der Waals surface area contributed by atoms with Crippen molar-refractivity contribution in [3.8, 4) is 0 Å². The van der Waals surface area contributed by atoms with Gasteiger partial charge in [-0.2, -0.15) is 4.99 Å². The van der Waals surface area contributed by atoms with E-state index in [1.165, 1.54) is 11.8 Å². The molecule has 9 heteroatoms. The van der Waals surface area contributed by atoms with Crippen LogP contribution in [0.3, 0.4) is 0 Å². The van der Waals surface area contributed by atoms with E-state index in [9.17, 15) is 13.2 Å². The van der Waals surface area contributed by atoms with Gasteiger partial charge in [-0.15, -0.1) is 0 Å². The van der Waals surface area contributed by atoms with Gasteiger partial charge >= 0.3 is 0 Å². The zero-order valence-electron chi connectivity index (χ0n) is 14.0. The van der Waals surface area contributed by atoms with Crippen molar-refractivity contribution in [3.05, 3.63) is 28.2 Å². The summed E-state index contributed by atoms with van der Waals surface area (Å²) in [6.45, 7) is 5.40. The van der Waals surface area contributed by atoms with E-state index in [1.54, 1.807) is 39.0 Å². The molecule has 0 radical (unpaired) electrons. The van der Waals surface area contributed by atoms with Gasteiger partial charge in [-0.05, 0) is 18.2 Å². The standard InChI is InChI=1S/C16H18Cl2N2O3S2/c1-16(2,3)14(21)19-15-20(9-4-5-10(17)11(18)6-9)12-7-25(22,23)8-13(12)24-15/h4-6,12-13H,7-8H2,1-3H3/t12-,13+/m0/s1. The van der Waals surface area contributed by atoms with Crippen molar-refractivity contribution in [1.29, 1.82) is 0 Å². The highest BCUT2D eigenvalue weighted by Crippen LogP contribution is 2.42. The lowest BCUT2D eigenvalue weighted by Crippen LogP contribution is -2.38. The lowest BCUT2D eigenvalue weighted by atomic mass is 9.96. The lowest BCUT2D eigenvalue weighted by Gasteiger charge is -2.25. The number of carbonyl (C=O) groups is 1. The van der Waals surface area contributed by atoms with Crippen molar-refractivity contribution in [2.75, 3.05) is 16.4 Å². The van der Waals surface area contributed by atoms with Crippen molar-refractivity contribution >= 4 is 61.6 Å². The molecule has 0 N–H and O–H groups in total. The second-order valence-electron chi connectivity index (χ2n) is 7.22. The largest absolute Gasteiger partial charge is 0.316 e. The molecule has 2 aliphatic rings. The van der Waals surface area contributed by atoms with Gasteiger partial charge in [-0.25, -0.2) is 8.42 Å². The van der Waals surface area contributed by atoms with Gasteiger partial charge in [0.2, 0.25) is 0 Å². The maximum atomic E-state index is 12.4. The first-order chi connectivity index (χ1) is 11.5. The Hall–Kier alpha value is -0.760. The van der Waals surface area contributed by atoms with E-state index < -0.39 is 15.3 Å². The number of nitrogens with zero attached hydrogens (tertiary/aromatic N) is 2. The molecular weight excluding hydrogens is 403 g/mol. The Morgan fingerprint density at radius 1 is 1.24 bits per heavy atom. The number of carbonyl (C=O) groups excluding carboxylic acids is 1. The molecule has 1 aromatic carbocycles. The van der Waals surface area contributed by atoms with Crippen LogP contribution < -0.4 is 4.90 Å². The van der Waals surface area contributed by atoms with Crippen LogP contribution >= 0.6 is 35.0 Å². The molecule has 0 unspecified atom stereocenters. The average Bonchev–Trinajstić information content (AvgIpc) is 2.92. The van der Waals surface area contributed by atoms with E-state index in [-0.39, 0.29) is 28.7 Å². The van der Waals surface area contributed by atoms with Crippen LogP contribution in [0.25, 0.3) is 0 Å². The van der Waals surface area contributed by atoms with E-state index >= 15 is 0 Å². The molecule has 0 bridgehead atoms. The predicted molar refractivity (Wildman–Crippen MR) is 105 cm³/mol. The van der Waals surface area contributed by atoms with Crippen LogP contribution in [-0.4, -0.2) is 42.3 Å². The maximum absolute atomic E-state index is 12.4. The summed E-state index contributed by atoms with van der Waals surface area (Å²) >= 11 is 13.5. The molecule has 2 heterocycles. The van der Waals surface area contributed by atoms with Gasteiger partial charge in [0.1, 0.15) is 0 Å². The maximum Gasteiger partial charge on any atom is 0.253 e. The second kappa shape index (κ2) is 6.44. The predicted octanol–water partition coefficient (Wildman–Crippen LogP) is 3.64. The average molecular weight is 421 g/mol. The SMILES string of the molecule is CC(C)(C)C(=O)N=C1S[C@@H]2CS(=O)(=O)C[C@@H]2N1c1ccc(Cl)c(Cl)c1. The quantitative estimate of drug-likeness (QED) is 0.693. The molecular formula is C16H18Cl2N2O3S2. The summed E-state index contributed by atoms with van der Waals surface area (Å²) in [7, 11) is -3.11. The fourth-order valence-corrected chi connectivity index (χ4v) is 6.96. The number of fused-ring (bicyclic) bond motifs is 1. The molecule has 0 saturated carbocycles. The smallest absolute Gasteiger partial charge is 0.253 e. The number of aliphatic imine (C=N–C) groups is 1. The minimum absolute atomic E-state index is 0.0354. The van der Waals surface area contributed by atoms with E-state index in [0.29, 0.717) is 20.9 Å². The van der Waals surface area contributed by atoms with Gasteiger partial charge in [0.25, 0.3) is 5.91 Å². The Bertz CT molecular complexity index is 863. The molecule has 2 aliphatic heterocycles. The summed E-state index contributed by atoms with van der Waals surface area (Å²) in [5.74, 6) is -0.126. The Labute approximate surface area is 161 Å². The van der Waals surface area contributed by atoms with Crippen LogP contribution in [0.5, 0.6) is 0 Å². The first-order valence-electron chi connectivity index (χ1n) is 7.72. The highest BCUT2D eigenvalue weighted by atomic mass is 35.5. The Morgan fingerprint density at radius 3 is 2.52 bits per heavy atom. The van der Waals surface area contributed by atoms with Gasteiger partial charge < -0.3 is 4.90 Å². The number of sulfone groups is 1. The monoisotopic (exact) mass is 420 g/mol. The number of halogens is 2. The number of rotatable bonds is 1. The topological polar surface area (TPSA) is 66.8 Å². The second-order valence-corrected chi connectivity index (χ2v) is 11.4. The van der Waals surface area contributed by atoms with Crippen molar-refractivity contribution in [3.63, 3.8) is 0 Å². The Kier molecular flexibility index (Phi) is 4.90. The summed E-state index contributed by atoms with van der Waals surface area (Å²) in [5.41, 5.74) is 0.0765. The first kappa shape index (κ1) is 19.0. The highest BCUT2D eigenvalue weighted by molar-refractivity contribution is 8.16. The summed E-state index contributed by atoms with van der Waals surface area (Å²) in [4.78, 5) is 18.5. The van der Waals surface area contributed by atoms with Crippen molar-refractivity contribution in [1.82, 2.24) is 0 Å². The molecule has 0 aliphatic carbocycles. The summed E-state index contributed by atoms with van der Waals surface area (Å²) in [5, 5.41) is 1.15. The van der Waals surface area contributed by atoms with Gasteiger partial charge in [0, 0.05) is 16.4 Å². The Balaban J connectivity index is 2.05. The van der Waals surface area contributed by atoms with Crippen LogP contribution in [-0.2, 0) is 14.6 Å². The molecule has 136 valence electrons. The molecule has 0 aromatic heterocycles. The van der Waals surface area contributed by atoms with E-state index in [0.717, 1.165) is 0 Å². The van der Waals surface area contributed by atoms with Gasteiger partial charge in [0.15, 0.2) is 15.0 Å². The molecule has 3 rings (SSSR count). The summed E-state index contributed by atoms with van der Waals surface area (Å²) < 4.78 is 24.1. The van der Waals surface area contributed by atoms with E-state index in [4.69, 9.17) is 23.2 Å². The number of amidine groups is 1. The zero-order valence-corrected chi connectivity index (χ0v) is 17.1. The zero-order chi connectivity index (χ0) is 18.6. The summed E-state index contributed by atoms with van der Waals surface area (Å²) in [6.07, 6.45) is 0. The minimum Gasteiger partial charge on any atom is -0.316 e. The number of hydrogen-bond donors (Lipinski definition) is 0. The van der Waals surface area contributed by atoms with Crippen LogP contribution in [0.1, 0.15) is 20.8 Å². The van der Waals surface area contributed by atoms with Gasteiger partial charge in [-0.1, -0.05) is 55.7 Å². The summed E-state index contributed by atoms with van der Waals surface area (Å²) in [6, 6.07) is 4.83. The fraction of sp³-hybridized carbons (Fsp3) is 0.500. The molecule has 2 atom stereocenters. The van der Waals surface area contributed by atoms with Gasteiger partial charge in [-0.3, -0.25) is 4.79 Å². The number of anilines is 1. The van der Waals surface area contributed by atoms with E-state index in [1.807, 2.05) is 4.90 Å². The first-order valence-corrected chi connectivity index (χ1v) is 11.2. The number of thioether (sulfide) groups is 1. The number of hydrogen-bond acceptors (Lipinski definition) is 4. The molecule has 1 aromatic rings. The third-order valence-electron chi connectivity index (χ3n) is 4.09. The lowest BCUT2D eigenvalue weighted by molar-refractivity contribution is -0.124. The Morgan fingerprint density at radius 2 is 1.92 bits per heavy atom. The number of benzene rings is 1. The molecule has 2 fully saturated rings. The molecule has 25 heavy (non-hydrogen) atoms. The third kappa shape index (κ3) is 3.84. The minimum atomic E-state index is -3.11. The van der Waals surface area contributed by atoms with Crippen LogP contribution in [0, 0.1) is 5.41 Å². The molecule has 2 saturated heterocycles. The fourth-order valence-electron chi connectivity index (χ4n) is 2.76. The van der Waals surface area contributed by atoms with E-state index in [2.05, 4.69) is 4.99 Å². The van der Waals surface area contributed by atoms with Crippen LogP contribution in [0.4, 0.5) is 5.69 Å². The molecule has 1 amide bonds. The highest BCUT2D eigenvalue weighted by Gasteiger charge is 2.49. The van der Waals surface area contributed by atoms with Crippen LogP contribution in [0.15, 0.2) is 23.2 Å². The van der Waals surface area contributed by atoms with Gasteiger partial charge in [0.05, 0.1) is 27.6 Å². The third-order valence-corrected chi connectivity index (χ3v) is 8.04. The van der Waals surface area contributed by atoms with Crippen molar-refractivity contribution in [2.24, 2.45) is 10.4 Å². The normalized spacial score (nSPS) is 26.9. The number of amides is 1. The van der Waals surface area contributed by atoms with Crippen LogP contribution in [0.2, 0.25) is 10.0 Å². The van der Waals surface area contributed by atoms with Crippen molar-refractivity contribution in [2.45, 2.75) is 32.1 Å². The molecule has 5 nitrogen and oxygen atoms in total.